The summed E-state index contributed by atoms with van der Waals surface area (Å²) < 4.78 is 5.26. The topological polar surface area (TPSA) is 105 Å². The second-order valence-corrected chi connectivity index (χ2v) is 6.48. The zero-order valence-corrected chi connectivity index (χ0v) is 14.0. The molecule has 7 nitrogen and oxygen atoms in total. The summed E-state index contributed by atoms with van der Waals surface area (Å²) >= 11 is 0. The van der Waals surface area contributed by atoms with Gasteiger partial charge in [-0.25, -0.2) is 0 Å². The Labute approximate surface area is 145 Å². The van der Waals surface area contributed by atoms with E-state index in [1.807, 2.05) is 30.3 Å². The Bertz CT molecular complexity index is 744. The van der Waals surface area contributed by atoms with Crippen molar-refractivity contribution < 1.29 is 19.2 Å². The van der Waals surface area contributed by atoms with Gasteiger partial charge >= 0.3 is 5.97 Å². The number of nitrogens with zero attached hydrogens (tertiary/aromatic N) is 2. The van der Waals surface area contributed by atoms with Gasteiger partial charge in [0.05, 0.1) is 18.4 Å². The maximum atomic E-state index is 12.3. The van der Waals surface area contributed by atoms with Gasteiger partial charge < -0.3 is 14.9 Å². The first kappa shape index (κ1) is 17.1. The molecule has 0 radical (unpaired) electrons. The van der Waals surface area contributed by atoms with Crippen LogP contribution in [-0.2, 0) is 16.0 Å². The number of aromatic nitrogens is 2. The van der Waals surface area contributed by atoms with Crippen molar-refractivity contribution in [1.82, 2.24) is 15.5 Å². The standard InChI is InChI=1S/C18H21N3O4/c1-11(19-17(22)13-7-8-14(10-13)18(23)24)16-20-15(25-21-16)9-12-5-3-2-4-6-12/h2-6,11,13-14H,7-10H2,1H3,(H,19,22)(H,23,24)/t11?,13-,14+/m1/s1. The predicted octanol–water partition coefficient (Wildman–Crippen LogP) is 2.34. The van der Waals surface area contributed by atoms with Gasteiger partial charge in [-0.05, 0) is 31.7 Å². The Hall–Kier alpha value is -2.70. The highest BCUT2D eigenvalue weighted by atomic mass is 16.5. The lowest BCUT2D eigenvalue weighted by atomic mass is 10.0. The highest BCUT2D eigenvalue weighted by Crippen LogP contribution is 2.31. The summed E-state index contributed by atoms with van der Waals surface area (Å²) in [5.74, 6) is -0.744. The summed E-state index contributed by atoms with van der Waals surface area (Å²) in [6.07, 6.45) is 2.07. The predicted molar refractivity (Wildman–Crippen MR) is 88.6 cm³/mol. The van der Waals surface area contributed by atoms with Crippen molar-refractivity contribution in [3.63, 3.8) is 0 Å². The third-order valence-electron chi connectivity index (χ3n) is 4.58. The molecule has 1 saturated carbocycles. The average Bonchev–Trinajstić information content (AvgIpc) is 3.25. The van der Waals surface area contributed by atoms with Gasteiger partial charge in [-0.1, -0.05) is 35.5 Å². The van der Waals surface area contributed by atoms with Gasteiger partial charge in [-0.15, -0.1) is 0 Å². The lowest BCUT2D eigenvalue weighted by Crippen LogP contribution is -2.32. The lowest BCUT2D eigenvalue weighted by Gasteiger charge is -2.14. The third kappa shape index (κ3) is 4.23. The molecule has 1 heterocycles. The molecule has 1 fully saturated rings. The summed E-state index contributed by atoms with van der Waals surface area (Å²) in [5, 5.41) is 15.8. The van der Waals surface area contributed by atoms with E-state index in [0.717, 1.165) is 5.56 Å². The van der Waals surface area contributed by atoms with E-state index in [0.29, 0.717) is 37.4 Å². The fraction of sp³-hybridized carbons (Fsp3) is 0.444. The van der Waals surface area contributed by atoms with Crippen LogP contribution in [0.25, 0.3) is 0 Å². The number of carbonyl (C=O) groups excluding carboxylic acids is 1. The summed E-state index contributed by atoms with van der Waals surface area (Å²) in [6.45, 7) is 1.79. The number of hydrogen-bond donors (Lipinski definition) is 2. The van der Waals surface area contributed by atoms with E-state index >= 15 is 0 Å². The first-order chi connectivity index (χ1) is 12.0. The molecule has 2 N–H and O–H groups in total. The van der Waals surface area contributed by atoms with Crippen LogP contribution in [0.2, 0.25) is 0 Å². The van der Waals surface area contributed by atoms with E-state index in [4.69, 9.17) is 9.63 Å². The molecule has 1 amide bonds. The van der Waals surface area contributed by atoms with Gasteiger partial charge in [0.25, 0.3) is 0 Å². The van der Waals surface area contributed by atoms with Crippen LogP contribution in [0.3, 0.4) is 0 Å². The summed E-state index contributed by atoms with van der Waals surface area (Å²) in [7, 11) is 0. The lowest BCUT2D eigenvalue weighted by molar-refractivity contribution is -0.141. The molecule has 1 aromatic heterocycles. The Kier molecular flexibility index (Phi) is 5.11. The maximum absolute atomic E-state index is 12.3. The molecular weight excluding hydrogens is 322 g/mol. The zero-order valence-electron chi connectivity index (χ0n) is 14.0. The number of carboxylic acid groups (broad SMARTS) is 1. The molecule has 0 saturated heterocycles. The Morgan fingerprint density at radius 2 is 2.00 bits per heavy atom. The van der Waals surface area contributed by atoms with Crippen molar-refractivity contribution in [3.8, 4) is 0 Å². The van der Waals surface area contributed by atoms with Crippen molar-refractivity contribution in [3.05, 3.63) is 47.6 Å². The average molecular weight is 343 g/mol. The monoisotopic (exact) mass is 343 g/mol. The number of amides is 1. The Balaban J connectivity index is 1.56. The number of nitrogens with one attached hydrogen (secondary N) is 1. The molecule has 2 aromatic rings. The van der Waals surface area contributed by atoms with Crippen molar-refractivity contribution in [1.29, 1.82) is 0 Å². The Morgan fingerprint density at radius 1 is 1.28 bits per heavy atom. The van der Waals surface area contributed by atoms with Crippen LogP contribution in [-0.4, -0.2) is 27.1 Å². The molecule has 1 aliphatic rings. The van der Waals surface area contributed by atoms with Gasteiger partial charge in [0, 0.05) is 5.92 Å². The SMILES string of the molecule is CC(NC(=O)[C@@H]1CC[C@H](C(=O)O)C1)c1noc(Cc2ccccc2)n1. The minimum Gasteiger partial charge on any atom is -0.481 e. The molecule has 25 heavy (non-hydrogen) atoms. The third-order valence-corrected chi connectivity index (χ3v) is 4.58. The molecule has 1 aromatic carbocycles. The van der Waals surface area contributed by atoms with E-state index in [1.165, 1.54) is 0 Å². The largest absolute Gasteiger partial charge is 0.481 e. The van der Waals surface area contributed by atoms with Gasteiger partial charge in [0.1, 0.15) is 0 Å². The number of hydrogen-bond acceptors (Lipinski definition) is 5. The fourth-order valence-electron chi connectivity index (χ4n) is 3.13. The number of aliphatic carboxylic acids is 1. The summed E-state index contributed by atoms with van der Waals surface area (Å²) in [6, 6.07) is 9.41. The van der Waals surface area contributed by atoms with Crippen molar-refractivity contribution in [2.75, 3.05) is 0 Å². The van der Waals surface area contributed by atoms with E-state index in [2.05, 4.69) is 15.5 Å². The number of carboxylic acids is 1. The van der Waals surface area contributed by atoms with Crippen molar-refractivity contribution >= 4 is 11.9 Å². The van der Waals surface area contributed by atoms with Crippen LogP contribution < -0.4 is 5.32 Å². The second kappa shape index (κ2) is 7.46. The van der Waals surface area contributed by atoms with Crippen LogP contribution in [0.15, 0.2) is 34.9 Å². The van der Waals surface area contributed by atoms with E-state index in [1.54, 1.807) is 6.92 Å². The molecule has 7 heteroatoms. The van der Waals surface area contributed by atoms with Crippen LogP contribution in [0, 0.1) is 11.8 Å². The highest BCUT2D eigenvalue weighted by molar-refractivity contribution is 5.81. The van der Waals surface area contributed by atoms with Crippen LogP contribution in [0.5, 0.6) is 0 Å². The quantitative estimate of drug-likeness (QED) is 0.834. The van der Waals surface area contributed by atoms with E-state index < -0.39 is 11.9 Å². The second-order valence-electron chi connectivity index (χ2n) is 6.48. The summed E-state index contributed by atoms with van der Waals surface area (Å²) in [5.41, 5.74) is 1.07. The molecule has 3 atom stereocenters. The summed E-state index contributed by atoms with van der Waals surface area (Å²) in [4.78, 5) is 27.6. The molecule has 1 unspecified atom stereocenters. The molecule has 0 bridgehead atoms. The van der Waals surface area contributed by atoms with E-state index in [9.17, 15) is 9.59 Å². The van der Waals surface area contributed by atoms with E-state index in [-0.39, 0.29) is 17.9 Å². The minimum atomic E-state index is -0.827. The van der Waals surface area contributed by atoms with Crippen molar-refractivity contribution in [2.45, 2.75) is 38.6 Å². The minimum absolute atomic E-state index is 0.148. The Morgan fingerprint density at radius 3 is 2.68 bits per heavy atom. The molecule has 132 valence electrons. The van der Waals surface area contributed by atoms with Crippen LogP contribution >= 0.6 is 0 Å². The molecule has 3 rings (SSSR count). The number of rotatable bonds is 6. The maximum Gasteiger partial charge on any atom is 0.306 e. The van der Waals surface area contributed by atoms with Crippen LogP contribution in [0.4, 0.5) is 0 Å². The smallest absolute Gasteiger partial charge is 0.306 e. The van der Waals surface area contributed by atoms with Crippen molar-refractivity contribution in [2.24, 2.45) is 11.8 Å². The molecule has 0 aliphatic heterocycles. The van der Waals surface area contributed by atoms with Gasteiger partial charge in [-0.2, -0.15) is 4.98 Å². The van der Waals surface area contributed by atoms with Gasteiger partial charge in [-0.3, -0.25) is 9.59 Å². The fourth-order valence-corrected chi connectivity index (χ4v) is 3.13. The first-order valence-corrected chi connectivity index (χ1v) is 8.42. The molecule has 1 aliphatic carbocycles. The van der Waals surface area contributed by atoms with Gasteiger partial charge in [0.2, 0.25) is 11.8 Å². The number of benzene rings is 1. The van der Waals surface area contributed by atoms with Crippen LogP contribution in [0.1, 0.15) is 49.5 Å². The van der Waals surface area contributed by atoms with Gasteiger partial charge in [0.15, 0.2) is 5.82 Å². The highest BCUT2D eigenvalue weighted by Gasteiger charge is 2.34. The normalized spacial score (nSPS) is 21.0. The number of carbonyl (C=O) groups is 2. The first-order valence-electron chi connectivity index (χ1n) is 8.42. The zero-order chi connectivity index (χ0) is 17.8. The molecular formula is C18H21N3O4. The molecule has 0 spiro atoms.